The minimum atomic E-state index is -0.427. The second-order valence-electron chi connectivity index (χ2n) is 5.40. The minimum Gasteiger partial charge on any atom is -0.370 e. The molecule has 1 aromatic carbocycles. The van der Waals surface area contributed by atoms with Crippen molar-refractivity contribution < 1.29 is 8.78 Å². The van der Waals surface area contributed by atoms with Gasteiger partial charge in [0.05, 0.1) is 0 Å². The number of rotatable bonds is 3. The van der Waals surface area contributed by atoms with E-state index in [1.165, 1.54) is 6.07 Å². The zero-order chi connectivity index (χ0) is 14.5. The average molecular weight is 409 g/mol. The van der Waals surface area contributed by atoms with Gasteiger partial charge in [0.25, 0.3) is 0 Å². The molecule has 1 aliphatic rings. The summed E-state index contributed by atoms with van der Waals surface area (Å²) in [4.78, 5) is 6.33. The lowest BCUT2D eigenvalue weighted by Crippen LogP contribution is -2.42. The molecule has 1 fully saturated rings. The second-order valence-corrected chi connectivity index (χ2v) is 5.40. The van der Waals surface area contributed by atoms with Crippen molar-refractivity contribution in [2.24, 2.45) is 16.6 Å². The van der Waals surface area contributed by atoms with Crippen LogP contribution in [0.5, 0.6) is 0 Å². The topological polar surface area (TPSA) is 41.6 Å². The lowest BCUT2D eigenvalue weighted by atomic mass is 10.00. The molecule has 6 heteroatoms. The fourth-order valence-electron chi connectivity index (χ4n) is 2.36. The maximum absolute atomic E-state index is 13.4. The van der Waals surface area contributed by atoms with Gasteiger partial charge in [-0.25, -0.2) is 8.78 Å². The lowest BCUT2D eigenvalue weighted by Gasteiger charge is -2.31. The highest BCUT2D eigenvalue weighted by molar-refractivity contribution is 14.0. The Kier molecular flexibility index (Phi) is 7.34. The number of hydrogen-bond acceptors (Lipinski definition) is 1. The third kappa shape index (κ3) is 5.41. The molecule has 1 aliphatic heterocycles. The van der Waals surface area contributed by atoms with Crippen molar-refractivity contribution in [3.8, 4) is 0 Å². The van der Waals surface area contributed by atoms with Crippen LogP contribution < -0.4 is 5.73 Å². The van der Waals surface area contributed by atoms with E-state index in [2.05, 4.69) is 16.8 Å². The summed E-state index contributed by atoms with van der Waals surface area (Å²) in [5, 5.41) is 0. The molecule has 0 bridgehead atoms. The van der Waals surface area contributed by atoms with Crippen molar-refractivity contribution in [1.29, 1.82) is 0 Å². The van der Waals surface area contributed by atoms with Crippen molar-refractivity contribution in [2.45, 2.75) is 26.2 Å². The Balaban J connectivity index is 0.00000220. The number of hydrogen-bond donors (Lipinski definition) is 1. The first-order valence-electron chi connectivity index (χ1n) is 7.05. The molecule has 2 N–H and O–H groups in total. The van der Waals surface area contributed by atoms with Crippen LogP contribution in [0.25, 0.3) is 0 Å². The Morgan fingerprint density at radius 2 is 2.00 bits per heavy atom. The van der Waals surface area contributed by atoms with Crippen LogP contribution in [-0.4, -0.2) is 30.5 Å². The molecule has 0 saturated carbocycles. The molecule has 1 heterocycles. The molecule has 3 nitrogen and oxygen atoms in total. The summed E-state index contributed by atoms with van der Waals surface area (Å²) >= 11 is 0. The molecule has 1 saturated heterocycles. The van der Waals surface area contributed by atoms with Crippen LogP contribution in [-0.2, 0) is 6.42 Å². The van der Waals surface area contributed by atoms with E-state index in [9.17, 15) is 8.78 Å². The van der Waals surface area contributed by atoms with E-state index in [4.69, 9.17) is 5.73 Å². The summed E-state index contributed by atoms with van der Waals surface area (Å²) in [6.07, 6.45) is 2.60. The summed E-state index contributed by atoms with van der Waals surface area (Å²) in [5.41, 5.74) is 6.28. The van der Waals surface area contributed by atoms with Gasteiger partial charge in [-0.05, 0) is 48.9 Å². The quantitative estimate of drug-likeness (QED) is 0.474. The highest BCUT2D eigenvalue weighted by Crippen LogP contribution is 2.15. The molecule has 21 heavy (non-hydrogen) atoms. The number of halogens is 3. The Labute approximate surface area is 141 Å². The molecule has 0 radical (unpaired) electrons. The maximum atomic E-state index is 13.4. The highest BCUT2D eigenvalue weighted by atomic mass is 127. The molecule has 118 valence electrons. The van der Waals surface area contributed by atoms with E-state index in [1.807, 2.05) is 0 Å². The number of benzene rings is 1. The smallest absolute Gasteiger partial charge is 0.191 e. The van der Waals surface area contributed by atoms with Gasteiger partial charge in [-0.2, -0.15) is 0 Å². The van der Waals surface area contributed by atoms with E-state index in [0.29, 0.717) is 24.5 Å². The van der Waals surface area contributed by atoms with Crippen molar-refractivity contribution in [1.82, 2.24) is 4.90 Å². The van der Waals surface area contributed by atoms with Gasteiger partial charge >= 0.3 is 0 Å². The predicted octanol–water partition coefficient (Wildman–Crippen LogP) is 3.17. The lowest BCUT2D eigenvalue weighted by molar-refractivity contribution is 0.277. The van der Waals surface area contributed by atoms with Crippen LogP contribution in [0.15, 0.2) is 23.2 Å². The Hall–Kier alpha value is -0.920. The zero-order valence-corrected chi connectivity index (χ0v) is 14.5. The van der Waals surface area contributed by atoms with Crippen LogP contribution in [0.4, 0.5) is 8.78 Å². The molecule has 0 unspecified atom stereocenters. The third-order valence-corrected chi connectivity index (χ3v) is 3.77. The normalized spacial score (nSPS) is 16.7. The molecule has 1 aromatic rings. The Bertz CT molecular complexity index is 486. The molecule has 0 spiro atoms. The summed E-state index contributed by atoms with van der Waals surface area (Å²) < 4.78 is 26.5. The number of guanidine groups is 1. The monoisotopic (exact) mass is 409 g/mol. The molecular formula is C15H22F2IN3. The van der Waals surface area contributed by atoms with E-state index < -0.39 is 11.6 Å². The maximum Gasteiger partial charge on any atom is 0.191 e. The molecule has 0 amide bonds. The highest BCUT2D eigenvalue weighted by Gasteiger charge is 2.16. The van der Waals surface area contributed by atoms with E-state index >= 15 is 0 Å². The number of piperidine rings is 1. The molecular weight excluding hydrogens is 387 g/mol. The van der Waals surface area contributed by atoms with Gasteiger partial charge in [-0.3, -0.25) is 4.99 Å². The molecule has 0 atom stereocenters. The Morgan fingerprint density at radius 3 is 2.67 bits per heavy atom. The van der Waals surface area contributed by atoms with Gasteiger partial charge in [0.15, 0.2) is 5.96 Å². The number of nitrogens with two attached hydrogens (primary N) is 1. The first-order chi connectivity index (χ1) is 9.56. The van der Waals surface area contributed by atoms with Crippen molar-refractivity contribution in [3.05, 3.63) is 35.4 Å². The van der Waals surface area contributed by atoms with Gasteiger partial charge in [0.2, 0.25) is 0 Å². The largest absolute Gasteiger partial charge is 0.370 e. The summed E-state index contributed by atoms with van der Waals surface area (Å²) in [7, 11) is 0. The Morgan fingerprint density at radius 1 is 1.33 bits per heavy atom. The van der Waals surface area contributed by atoms with Gasteiger partial charge in [0, 0.05) is 19.6 Å². The van der Waals surface area contributed by atoms with Crippen molar-refractivity contribution in [3.63, 3.8) is 0 Å². The first kappa shape index (κ1) is 18.1. The average Bonchev–Trinajstić information content (AvgIpc) is 2.43. The van der Waals surface area contributed by atoms with E-state index in [1.54, 1.807) is 0 Å². The van der Waals surface area contributed by atoms with Gasteiger partial charge in [0.1, 0.15) is 11.6 Å². The van der Waals surface area contributed by atoms with Crippen LogP contribution in [0.1, 0.15) is 25.3 Å². The van der Waals surface area contributed by atoms with Crippen molar-refractivity contribution in [2.75, 3.05) is 19.6 Å². The van der Waals surface area contributed by atoms with Gasteiger partial charge in [-0.1, -0.05) is 6.92 Å². The van der Waals surface area contributed by atoms with Gasteiger partial charge in [-0.15, -0.1) is 24.0 Å². The minimum absolute atomic E-state index is 0. The summed E-state index contributed by atoms with van der Waals surface area (Å²) in [5.74, 6) is 0.421. The summed E-state index contributed by atoms with van der Waals surface area (Å²) in [6.45, 7) is 4.45. The molecule has 2 rings (SSSR count). The first-order valence-corrected chi connectivity index (χ1v) is 7.05. The number of likely N-dealkylation sites (tertiary alicyclic amines) is 1. The van der Waals surface area contributed by atoms with Crippen molar-refractivity contribution >= 4 is 29.9 Å². The summed E-state index contributed by atoms with van der Waals surface area (Å²) in [6, 6.07) is 3.47. The SMILES string of the molecule is CC1CCN(C(N)=NCCc2cc(F)ccc2F)CC1.I. The number of nitrogens with zero attached hydrogens (tertiary/aromatic N) is 2. The van der Waals surface area contributed by atoms with Crippen LogP contribution in [0.3, 0.4) is 0 Å². The van der Waals surface area contributed by atoms with Crippen LogP contribution in [0, 0.1) is 17.6 Å². The second kappa shape index (κ2) is 8.51. The van der Waals surface area contributed by atoms with Gasteiger partial charge < -0.3 is 10.6 Å². The van der Waals surface area contributed by atoms with Crippen LogP contribution in [0.2, 0.25) is 0 Å². The number of aliphatic imine (C=N–C) groups is 1. The third-order valence-electron chi connectivity index (χ3n) is 3.77. The van der Waals surface area contributed by atoms with Crippen LogP contribution >= 0.6 is 24.0 Å². The fourth-order valence-corrected chi connectivity index (χ4v) is 2.36. The van der Waals surface area contributed by atoms with E-state index in [0.717, 1.165) is 44.0 Å². The zero-order valence-electron chi connectivity index (χ0n) is 12.2. The van der Waals surface area contributed by atoms with E-state index in [-0.39, 0.29) is 24.0 Å². The standard InChI is InChI=1S/C15H21F2N3.HI/c1-11-5-8-20(9-6-11)15(18)19-7-4-12-10-13(16)2-3-14(12)17;/h2-3,10-11H,4-9H2,1H3,(H2,18,19);1H. The predicted molar refractivity (Wildman–Crippen MR) is 91.9 cm³/mol. The fraction of sp³-hybridized carbons (Fsp3) is 0.533. The molecule has 0 aliphatic carbocycles. The molecule has 0 aromatic heterocycles.